The molecule has 1 aliphatic rings. The average Bonchev–Trinajstić information content (AvgIpc) is 3.21. The lowest BCUT2D eigenvalue weighted by Crippen LogP contribution is -2.20. The van der Waals surface area contributed by atoms with Gasteiger partial charge in [0.2, 0.25) is 5.79 Å². The Hall–Kier alpha value is -1.54. The number of ether oxygens (including phenoxy) is 2. The molecular weight excluding hydrogens is 324 g/mol. The number of carboxylic acids is 1. The van der Waals surface area contributed by atoms with Gasteiger partial charge in [-0.3, -0.25) is 4.79 Å². The zero-order valence-electron chi connectivity index (χ0n) is 12.2. The van der Waals surface area contributed by atoms with Gasteiger partial charge < -0.3 is 14.6 Å². The number of aromatic carboxylic acids is 1. The van der Waals surface area contributed by atoms with Crippen LogP contribution in [0.3, 0.4) is 0 Å². The molecule has 5 nitrogen and oxygen atoms in total. The number of thiophene rings is 2. The topological polar surface area (TPSA) is 72.8 Å². The minimum atomic E-state index is -0.984. The van der Waals surface area contributed by atoms with Gasteiger partial charge in [0.25, 0.3) is 0 Å². The molecule has 3 rings (SSSR count). The molecule has 0 radical (unpaired) electrons. The first-order valence-corrected chi connectivity index (χ1v) is 8.28. The van der Waals surface area contributed by atoms with Crippen LogP contribution >= 0.6 is 22.7 Å². The Morgan fingerprint density at radius 3 is 2.23 bits per heavy atom. The molecule has 22 heavy (non-hydrogen) atoms. The Balaban J connectivity index is 0.000000160. The largest absolute Gasteiger partial charge is 0.477 e. The quantitative estimate of drug-likeness (QED) is 0.864. The Bertz CT molecular complexity index is 610. The van der Waals surface area contributed by atoms with Gasteiger partial charge in [-0.15, -0.1) is 22.7 Å². The molecule has 0 amide bonds. The molecule has 0 aliphatic carbocycles. The highest BCUT2D eigenvalue weighted by Crippen LogP contribution is 2.33. The van der Waals surface area contributed by atoms with Crippen molar-refractivity contribution in [3.8, 4) is 0 Å². The normalized spacial score (nSPS) is 15.9. The van der Waals surface area contributed by atoms with Crippen LogP contribution in [0.2, 0.25) is 0 Å². The van der Waals surface area contributed by atoms with E-state index in [1.165, 1.54) is 19.1 Å². The fourth-order valence-electron chi connectivity index (χ4n) is 1.84. The summed E-state index contributed by atoms with van der Waals surface area (Å²) in [6.45, 7) is 4.78. The predicted octanol–water partition coefficient (Wildman–Crippen LogP) is 3.62. The van der Waals surface area contributed by atoms with E-state index in [-0.39, 0.29) is 10.7 Å². The second-order valence-corrected chi connectivity index (χ2v) is 6.68. The summed E-state index contributed by atoms with van der Waals surface area (Å²) in [5.41, 5.74) is 0. The number of ketones is 1. The Morgan fingerprint density at radius 2 is 1.82 bits per heavy atom. The van der Waals surface area contributed by atoms with Crippen molar-refractivity contribution in [3.05, 3.63) is 44.3 Å². The highest BCUT2D eigenvalue weighted by atomic mass is 32.1. The van der Waals surface area contributed by atoms with Gasteiger partial charge in [-0.1, -0.05) is 6.07 Å². The lowest BCUT2D eigenvalue weighted by atomic mass is 10.3. The van der Waals surface area contributed by atoms with Crippen LogP contribution in [0.5, 0.6) is 0 Å². The van der Waals surface area contributed by atoms with E-state index < -0.39 is 11.8 Å². The lowest BCUT2D eigenvalue weighted by molar-refractivity contribution is -0.146. The van der Waals surface area contributed by atoms with Crippen LogP contribution in [0.15, 0.2) is 29.6 Å². The van der Waals surface area contributed by atoms with Gasteiger partial charge in [-0.25, -0.2) is 4.79 Å². The summed E-state index contributed by atoms with van der Waals surface area (Å²) in [4.78, 5) is 22.9. The minimum Gasteiger partial charge on any atom is -0.477 e. The van der Waals surface area contributed by atoms with Crippen molar-refractivity contribution >= 4 is 34.4 Å². The molecule has 0 bridgehead atoms. The van der Waals surface area contributed by atoms with E-state index in [0.29, 0.717) is 18.1 Å². The van der Waals surface area contributed by atoms with E-state index in [4.69, 9.17) is 14.6 Å². The molecule has 118 valence electrons. The molecule has 0 aromatic carbocycles. The molecule has 0 spiro atoms. The Labute approximate surface area is 136 Å². The van der Waals surface area contributed by atoms with Gasteiger partial charge in [-0.05, 0) is 37.4 Å². The number of hydrogen-bond acceptors (Lipinski definition) is 6. The first-order chi connectivity index (χ1) is 10.4. The third kappa shape index (κ3) is 4.01. The summed E-state index contributed by atoms with van der Waals surface area (Å²) in [5.74, 6) is -1.54. The second-order valence-electron chi connectivity index (χ2n) is 4.65. The van der Waals surface area contributed by atoms with Crippen molar-refractivity contribution in [2.45, 2.75) is 19.6 Å². The first-order valence-electron chi connectivity index (χ1n) is 6.58. The van der Waals surface area contributed by atoms with Crippen LogP contribution in [0.25, 0.3) is 0 Å². The summed E-state index contributed by atoms with van der Waals surface area (Å²) < 4.78 is 10.9. The number of rotatable bonds is 3. The zero-order chi connectivity index (χ0) is 16.2. The number of carbonyl (C=O) groups is 2. The average molecular weight is 340 g/mol. The summed E-state index contributed by atoms with van der Waals surface area (Å²) >= 11 is 2.67. The number of Topliss-reactive ketones (excluding diaryl/α,β-unsaturated/α-hetero) is 1. The Kier molecular flexibility index (Phi) is 5.47. The van der Waals surface area contributed by atoms with E-state index >= 15 is 0 Å². The van der Waals surface area contributed by atoms with E-state index in [1.54, 1.807) is 11.3 Å². The molecule has 2 aromatic heterocycles. The van der Waals surface area contributed by atoms with E-state index in [2.05, 4.69) is 0 Å². The lowest BCUT2D eigenvalue weighted by Gasteiger charge is -2.19. The summed E-state index contributed by atoms with van der Waals surface area (Å²) in [7, 11) is 0. The summed E-state index contributed by atoms with van der Waals surface area (Å²) in [5, 5.41) is 10.5. The summed E-state index contributed by atoms with van der Waals surface area (Å²) in [6.07, 6.45) is 0. The molecule has 0 unspecified atom stereocenters. The summed E-state index contributed by atoms with van der Waals surface area (Å²) in [6, 6.07) is 7.01. The monoisotopic (exact) mass is 340 g/mol. The van der Waals surface area contributed by atoms with Crippen molar-refractivity contribution in [1.82, 2.24) is 0 Å². The van der Waals surface area contributed by atoms with Gasteiger partial charge >= 0.3 is 5.97 Å². The maximum Gasteiger partial charge on any atom is 0.345 e. The van der Waals surface area contributed by atoms with Crippen LogP contribution in [-0.2, 0) is 15.3 Å². The van der Waals surface area contributed by atoms with Crippen molar-refractivity contribution in [2.75, 3.05) is 13.2 Å². The standard InChI is InChI=1S/C8H10O2S.C7H6O3S/c1-8(9-4-5-10-8)7-3-2-6-11-7;1-4(8)5-2-3-6(11-5)7(9)10/h2-3,6H,4-5H2,1H3;2-3H,1H3,(H,9,10). The van der Waals surface area contributed by atoms with Crippen molar-refractivity contribution in [2.24, 2.45) is 0 Å². The van der Waals surface area contributed by atoms with Gasteiger partial charge in [0.15, 0.2) is 5.78 Å². The van der Waals surface area contributed by atoms with E-state index in [1.807, 2.05) is 24.4 Å². The molecule has 1 fully saturated rings. The van der Waals surface area contributed by atoms with E-state index in [0.717, 1.165) is 16.2 Å². The highest BCUT2D eigenvalue weighted by molar-refractivity contribution is 7.15. The smallest absolute Gasteiger partial charge is 0.345 e. The third-order valence-electron chi connectivity index (χ3n) is 2.97. The van der Waals surface area contributed by atoms with Crippen molar-refractivity contribution in [1.29, 1.82) is 0 Å². The molecule has 0 saturated carbocycles. The number of carbonyl (C=O) groups excluding carboxylic acids is 1. The molecule has 2 aromatic rings. The molecule has 7 heteroatoms. The maximum absolute atomic E-state index is 10.7. The van der Waals surface area contributed by atoms with E-state index in [9.17, 15) is 9.59 Å². The fraction of sp³-hybridized carbons (Fsp3) is 0.333. The molecular formula is C15H16O5S2. The fourth-order valence-corrected chi connectivity index (χ4v) is 3.37. The highest BCUT2D eigenvalue weighted by Gasteiger charge is 2.33. The predicted molar refractivity (Wildman–Crippen MR) is 84.9 cm³/mol. The van der Waals surface area contributed by atoms with Gasteiger partial charge in [-0.2, -0.15) is 0 Å². The van der Waals surface area contributed by atoms with Gasteiger partial charge in [0.1, 0.15) is 4.88 Å². The van der Waals surface area contributed by atoms with Crippen molar-refractivity contribution in [3.63, 3.8) is 0 Å². The van der Waals surface area contributed by atoms with Crippen LogP contribution in [0.4, 0.5) is 0 Å². The van der Waals surface area contributed by atoms with Crippen LogP contribution in [-0.4, -0.2) is 30.1 Å². The first kappa shape index (κ1) is 16.8. The second kappa shape index (κ2) is 7.15. The third-order valence-corrected chi connectivity index (χ3v) is 5.20. The molecule has 0 atom stereocenters. The molecule has 1 N–H and O–H groups in total. The molecule has 3 heterocycles. The SMILES string of the molecule is CC(=O)c1ccc(C(=O)O)s1.CC1(c2cccs2)OCCO1. The Morgan fingerprint density at radius 1 is 1.18 bits per heavy atom. The van der Waals surface area contributed by atoms with Crippen LogP contribution < -0.4 is 0 Å². The van der Waals surface area contributed by atoms with Crippen LogP contribution in [0.1, 0.15) is 38.1 Å². The molecule has 1 saturated heterocycles. The van der Waals surface area contributed by atoms with Gasteiger partial charge in [0, 0.05) is 0 Å². The maximum atomic E-state index is 10.7. The number of carboxylic acid groups (broad SMARTS) is 1. The minimum absolute atomic E-state index is 0.0949. The zero-order valence-corrected chi connectivity index (χ0v) is 13.8. The molecule has 1 aliphatic heterocycles. The van der Waals surface area contributed by atoms with Crippen molar-refractivity contribution < 1.29 is 24.2 Å². The number of hydrogen-bond donors (Lipinski definition) is 1. The van der Waals surface area contributed by atoms with Gasteiger partial charge in [0.05, 0.1) is 23.0 Å². The van der Waals surface area contributed by atoms with Crippen LogP contribution in [0, 0.1) is 0 Å².